The molecule has 0 saturated heterocycles. The molecule has 0 saturated carbocycles. The molecule has 0 aromatic heterocycles. The Bertz CT molecular complexity index is 371. The number of rotatable bonds is 5. The summed E-state index contributed by atoms with van der Waals surface area (Å²) in [5, 5.41) is 23.2. The maximum absolute atomic E-state index is 10.0. The Hall–Kier alpha value is -1.06. The Labute approximate surface area is 110 Å². The molecule has 0 radical (unpaired) electrons. The number of aliphatic hydroxyl groups is 1. The molecule has 0 amide bonds. The van der Waals surface area contributed by atoms with Crippen LogP contribution < -0.4 is 5.32 Å². The van der Waals surface area contributed by atoms with Crippen molar-refractivity contribution in [2.24, 2.45) is 5.41 Å². The summed E-state index contributed by atoms with van der Waals surface area (Å²) in [6.07, 6.45) is 0.464. The Morgan fingerprint density at radius 3 is 2.33 bits per heavy atom. The minimum Gasteiger partial charge on any atom is -0.508 e. The third-order valence-corrected chi connectivity index (χ3v) is 3.28. The number of nitrogens with one attached hydrogen (secondary N) is 1. The predicted molar refractivity (Wildman–Crippen MR) is 74.6 cm³/mol. The molecule has 3 heteroatoms. The standard InChI is InChI=1S/C15H25NO2/c1-5-12(11-8-6-7-9-13(11)17)16-10-14(18)15(2,3)4/h6-9,12,14,16-18H,5,10H2,1-4H3/t12-,14-/m1/s1. The van der Waals surface area contributed by atoms with Crippen molar-refractivity contribution in [3.05, 3.63) is 29.8 Å². The van der Waals surface area contributed by atoms with E-state index >= 15 is 0 Å². The fourth-order valence-electron chi connectivity index (χ4n) is 1.82. The van der Waals surface area contributed by atoms with Crippen molar-refractivity contribution in [2.75, 3.05) is 6.54 Å². The van der Waals surface area contributed by atoms with Crippen LogP contribution in [0.3, 0.4) is 0 Å². The monoisotopic (exact) mass is 251 g/mol. The first-order chi connectivity index (χ1) is 8.36. The van der Waals surface area contributed by atoms with Gasteiger partial charge in [0.25, 0.3) is 0 Å². The van der Waals surface area contributed by atoms with Crippen LogP contribution in [-0.4, -0.2) is 22.9 Å². The molecule has 1 aromatic rings. The third-order valence-electron chi connectivity index (χ3n) is 3.28. The molecule has 18 heavy (non-hydrogen) atoms. The highest BCUT2D eigenvalue weighted by Crippen LogP contribution is 2.26. The summed E-state index contributed by atoms with van der Waals surface area (Å²) in [6.45, 7) is 8.63. The van der Waals surface area contributed by atoms with Crippen LogP contribution in [-0.2, 0) is 0 Å². The van der Waals surface area contributed by atoms with Crippen LogP contribution in [0.15, 0.2) is 24.3 Å². The van der Waals surface area contributed by atoms with Crippen molar-refractivity contribution < 1.29 is 10.2 Å². The second kappa shape index (κ2) is 6.21. The van der Waals surface area contributed by atoms with Crippen LogP contribution in [0, 0.1) is 5.41 Å². The zero-order chi connectivity index (χ0) is 13.8. The topological polar surface area (TPSA) is 52.5 Å². The molecule has 1 rings (SSSR count). The van der Waals surface area contributed by atoms with E-state index in [9.17, 15) is 10.2 Å². The van der Waals surface area contributed by atoms with E-state index in [2.05, 4.69) is 12.2 Å². The van der Waals surface area contributed by atoms with Crippen LogP contribution >= 0.6 is 0 Å². The zero-order valence-corrected chi connectivity index (χ0v) is 11.8. The lowest BCUT2D eigenvalue weighted by Crippen LogP contribution is -2.38. The molecule has 0 aliphatic heterocycles. The zero-order valence-electron chi connectivity index (χ0n) is 11.8. The molecule has 0 unspecified atom stereocenters. The molecule has 0 spiro atoms. The normalized spacial score (nSPS) is 15.4. The minimum absolute atomic E-state index is 0.0724. The van der Waals surface area contributed by atoms with Gasteiger partial charge in [-0.05, 0) is 17.9 Å². The van der Waals surface area contributed by atoms with E-state index in [0.29, 0.717) is 12.3 Å². The van der Waals surface area contributed by atoms with E-state index in [1.165, 1.54) is 0 Å². The van der Waals surface area contributed by atoms with Gasteiger partial charge in [0.2, 0.25) is 0 Å². The Balaban J connectivity index is 2.67. The summed E-state index contributed by atoms with van der Waals surface area (Å²) in [6, 6.07) is 7.41. The lowest BCUT2D eigenvalue weighted by Gasteiger charge is -2.28. The van der Waals surface area contributed by atoms with Gasteiger partial charge in [-0.15, -0.1) is 0 Å². The predicted octanol–water partition coefficient (Wildman–Crippen LogP) is 2.84. The molecule has 3 nitrogen and oxygen atoms in total. The van der Waals surface area contributed by atoms with E-state index in [1.807, 2.05) is 39.0 Å². The lowest BCUT2D eigenvalue weighted by molar-refractivity contribution is 0.0602. The quantitative estimate of drug-likeness (QED) is 0.754. The highest BCUT2D eigenvalue weighted by Gasteiger charge is 2.23. The SMILES string of the molecule is CC[C@@H](NC[C@@H](O)C(C)(C)C)c1ccccc1O. The average molecular weight is 251 g/mol. The smallest absolute Gasteiger partial charge is 0.120 e. The fourth-order valence-corrected chi connectivity index (χ4v) is 1.82. The number of hydrogen-bond acceptors (Lipinski definition) is 3. The van der Waals surface area contributed by atoms with Gasteiger partial charge in [0, 0.05) is 18.2 Å². The second-order valence-electron chi connectivity index (χ2n) is 5.81. The van der Waals surface area contributed by atoms with Gasteiger partial charge in [0.15, 0.2) is 0 Å². The summed E-state index contributed by atoms with van der Waals surface area (Å²) in [5.41, 5.74) is 0.755. The third kappa shape index (κ3) is 4.00. The summed E-state index contributed by atoms with van der Waals surface area (Å²) in [7, 11) is 0. The van der Waals surface area contributed by atoms with Crippen molar-refractivity contribution in [2.45, 2.75) is 46.3 Å². The molecule has 1 aromatic carbocycles. The number of hydrogen-bond donors (Lipinski definition) is 3. The first-order valence-corrected chi connectivity index (χ1v) is 6.55. The first-order valence-electron chi connectivity index (χ1n) is 6.55. The van der Waals surface area contributed by atoms with Gasteiger partial charge < -0.3 is 15.5 Å². The van der Waals surface area contributed by atoms with Crippen molar-refractivity contribution in [1.29, 1.82) is 0 Å². The summed E-state index contributed by atoms with van der Waals surface area (Å²) in [5.74, 6) is 0.307. The van der Waals surface area contributed by atoms with Crippen molar-refractivity contribution in [1.82, 2.24) is 5.32 Å². The van der Waals surface area contributed by atoms with Gasteiger partial charge in [-0.1, -0.05) is 45.9 Å². The molecular weight excluding hydrogens is 226 g/mol. The molecule has 102 valence electrons. The molecule has 0 heterocycles. The summed E-state index contributed by atoms with van der Waals surface area (Å²) in [4.78, 5) is 0. The van der Waals surface area contributed by atoms with Crippen LogP contribution in [0.2, 0.25) is 0 Å². The first kappa shape index (κ1) is 15.0. The molecule has 0 fully saturated rings. The van der Waals surface area contributed by atoms with Crippen molar-refractivity contribution >= 4 is 0 Å². The number of aliphatic hydroxyl groups excluding tert-OH is 1. The molecule has 0 aliphatic rings. The van der Waals surface area contributed by atoms with E-state index in [-0.39, 0.29) is 11.5 Å². The highest BCUT2D eigenvalue weighted by atomic mass is 16.3. The molecule has 2 atom stereocenters. The Morgan fingerprint density at radius 1 is 1.22 bits per heavy atom. The number of phenols is 1. The van der Waals surface area contributed by atoms with Crippen LogP contribution in [0.4, 0.5) is 0 Å². The Kier molecular flexibility index (Phi) is 5.17. The maximum Gasteiger partial charge on any atom is 0.120 e. The average Bonchev–Trinajstić information content (AvgIpc) is 2.30. The highest BCUT2D eigenvalue weighted by molar-refractivity contribution is 5.34. The van der Waals surface area contributed by atoms with Crippen LogP contribution in [0.1, 0.15) is 45.7 Å². The second-order valence-corrected chi connectivity index (χ2v) is 5.81. The molecular formula is C15H25NO2. The van der Waals surface area contributed by atoms with E-state index in [0.717, 1.165) is 12.0 Å². The van der Waals surface area contributed by atoms with Gasteiger partial charge >= 0.3 is 0 Å². The van der Waals surface area contributed by atoms with E-state index in [4.69, 9.17) is 0 Å². The summed E-state index contributed by atoms with van der Waals surface area (Å²) < 4.78 is 0. The lowest BCUT2D eigenvalue weighted by atomic mass is 9.89. The van der Waals surface area contributed by atoms with Gasteiger partial charge in [-0.3, -0.25) is 0 Å². The largest absolute Gasteiger partial charge is 0.508 e. The Morgan fingerprint density at radius 2 is 1.83 bits per heavy atom. The van der Waals surface area contributed by atoms with Gasteiger partial charge in [0.1, 0.15) is 5.75 Å². The van der Waals surface area contributed by atoms with Gasteiger partial charge in [-0.2, -0.15) is 0 Å². The molecule has 3 N–H and O–H groups in total. The van der Waals surface area contributed by atoms with Gasteiger partial charge in [0.05, 0.1) is 6.10 Å². The summed E-state index contributed by atoms with van der Waals surface area (Å²) >= 11 is 0. The van der Waals surface area contributed by atoms with Crippen LogP contribution in [0.25, 0.3) is 0 Å². The number of benzene rings is 1. The van der Waals surface area contributed by atoms with Crippen molar-refractivity contribution in [3.63, 3.8) is 0 Å². The van der Waals surface area contributed by atoms with E-state index < -0.39 is 6.10 Å². The minimum atomic E-state index is -0.405. The molecule has 0 aliphatic carbocycles. The number of aromatic hydroxyl groups is 1. The maximum atomic E-state index is 10.0. The van der Waals surface area contributed by atoms with E-state index in [1.54, 1.807) is 6.07 Å². The fraction of sp³-hybridized carbons (Fsp3) is 0.600. The number of phenolic OH excluding ortho intramolecular Hbond substituents is 1. The van der Waals surface area contributed by atoms with Gasteiger partial charge in [-0.25, -0.2) is 0 Å². The molecule has 0 bridgehead atoms. The van der Waals surface area contributed by atoms with Crippen LogP contribution in [0.5, 0.6) is 5.75 Å². The number of para-hydroxylation sites is 1. The van der Waals surface area contributed by atoms with Crippen molar-refractivity contribution in [3.8, 4) is 5.75 Å².